The summed E-state index contributed by atoms with van der Waals surface area (Å²) in [5, 5.41) is 14.5. The van der Waals surface area contributed by atoms with Crippen molar-refractivity contribution in [2.75, 3.05) is 7.05 Å². The summed E-state index contributed by atoms with van der Waals surface area (Å²) in [5.41, 5.74) is 4.97. The second-order valence-electron chi connectivity index (χ2n) is 8.12. The van der Waals surface area contributed by atoms with E-state index in [-0.39, 0.29) is 6.42 Å². The van der Waals surface area contributed by atoms with E-state index in [1.54, 1.807) is 13.0 Å². The molecule has 8 nitrogen and oxygen atoms in total. The molecule has 0 saturated heterocycles. The van der Waals surface area contributed by atoms with E-state index in [0.29, 0.717) is 11.3 Å². The largest absolute Gasteiger partial charge is 0.481 e. The summed E-state index contributed by atoms with van der Waals surface area (Å²) < 4.78 is 0. The van der Waals surface area contributed by atoms with Crippen LogP contribution in [-0.2, 0) is 14.4 Å². The van der Waals surface area contributed by atoms with Crippen molar-refractivity contribution >= 4 is 23.7 Å². The fourth-order valence-electron chi connectivity index (χ4n) is 3.95. The highest BCUT2D eigenvalue weighted by Gasteiger charge is 2.34. The van der Waals surface area contributed by atoms with Gasteiger partial charge in [0.15, 0.2) is 11.8 Å². The van der Waals surface area contributed by atoms with Crippen LogP contribution in [0.3, 0.4) is 0 Å². The molecule has 1 aliphatic rings. The van der Waals surface area contributed by atoms with E-state index < -0.39 is 35.8 Å². The number of aliphatic carboxylic acids is 1. The number of carboxylic acids is 1. The average molecular weight is 450 g/mol. The Hall–Kier alpha value is -3.94. The maximum Gasteiger partial charge on any atom is 0.316 e. The molecule has 8 heteroatoms. The number of likely N-dealkylation sites (N-methyl/N-ethyl adjacent to an activating group) is 1. The van der Waals surface area contributed by atoms with E-state index in [4.69, 9.17) is 0 Å². The molecule has 3 amide bonds. The molecule has 0 aliphatic carbocycles. The van der Waals surface area contributed by atoms with Gasteiger partial charge in [-0.2, -0.15) is 0 Å². The molecule has 1 unspecified atom stereocenters. The lowest BCUT2D eigenvalue weighted by atomic mass is 9.90. The van der Waals surface area contributed by atoms with Gasteiger partial charge in [-0.25, -0.2) is 4.79 Å². The standard InChI is InChI=1S/C25H27N3O5/c1-14-8-5-6-9-17(14)18-10-7-11-19(16(18)3)20(13-22(30)31)26-25(33)27-23-21(29)12-15(2)28(4)24(23)32/h5-12,20,23H,13H2,1-4H3,(H,30,31)(H2,26,27,33)/t20-,23?/m0/s1. The van der Waals surface area contributed by atoms with E-state index in [1.807, 2.05) is 50.2 Å². The van der Waals surface area contributed by atoms with Gasteiger partial charge in [-0.3, -0.25) is 14.4 Å². The Bertz CT molecular complexity index is 1150. The third-order valence-electron chi connectivity index (χ3n) is 5.89. The Morgan fingerprint density at radius 1 is 1.03 bits per heavy atom. The second kappa shape index (κ2) is 9.68. The summed E-state index contributed by atoms with van der Waals surface area (Å²) in [5.74, 6) is -2.18. The molecule has 3 rings (SSSR count). The number of nitrogens with one attached hydrogen (secondary N) is 2. The van der Waals surface area contributed by atoms with E-state index in [2.05, 4.69) is 10.6 Å². The maximum atomic E-state index is 12.7. The number of hydrogen-bond acceptors (Lipinski definition) is 4. The topological polar surface area (TPSA) is 116 Å². The fourth-order valence-corrected chi connectivity index (χ4v) is 3.95. The maximum absolute atomic E-state index is 12.7. The lowest BCUT2D eigenvalue weighted by Crippen LogP contribution is -2.56. The summed E-state index contributed by atoms with van der Waals surface area (Å²) in [6, 6.07) is 10.4. The number of allylic oxidation sites excluding steroid dienone is 1. The molecule has 172 valence electrons. The van der Waals surface area contributed by atoms with Crippen LogP contribution >= 0.6 is 0 Å². The molecule has 2 aromatic carbocycles. The van der Waals surface area contributed by atoms with Gasteiger partial charge in [0, 0.05) is 18.8 Å². The molecule has 1 heterocycles. The first-order valence-corrected chi connectivity index (χ1v) is 10.5. The summed E-state index contributed by atoms with van der Waals surface area (Å²) in [7, 11) is 1.51. The van der Waals surface area contributed by atoms with Crippen molar-refractivity contribution in [2.24, 2.45) is 0 Å². The quantitative estimate of drug-likeness (QED) is 0.586. The summed E-state index contributed by atoms with van der Waals surface area (Å²) in [6.07, 6.45) is 0.924. The first-order chi connectivity index (χ1) is 15.6. The van der Waals surface area contributed by atoms with Gasteiger partial charge in [0.2, 0.25) is 0 Å². The van der Waals surface area contributed by atoms with Crippen molar-refractivity contribution in [3.05, 3.63) is 70.9 Å². The lowest BCUT2D eigenvalue weighted by Gasteiger charge is -2.28. The molecule has 1 aliphatic heterocycles. The average Bonchev–Trinajstić information content (AvgIpc) is 2.75. The fraction of sp³-hybridized carbons (Fsp3) is 0.280. The van der Waals surface area contributed by atoms with Gasteiger partial charge in [0.05, 0.1) is 12.5 Å². The van der Waals surface area contributed by atoms with E-state index in [0.717, 1.165) is 22.3 Å². The van der Waals surface area contributed by atoms with Gasteiger partial charge in [-0.15, -0.1) is 0 Å². The van der Waals surface area contributed by atoms with Crippen LogP contribution in [0.25, 0.3) is 11.1 Å². The number of rotatable bonds is 6. The summed E-state index contributed by atoms with van der Waals surface area (Å²) in [4.78, 5) is 50.3. The van der Waals surface area contributed by atoms with Gasteiger partial charge < -0.3 is 20.6 Å². The number of benzene rings is 2. The molecular formula is C25H27N3O5. The van der Waals surface area contributed by atoms with Gasteiger partial charge in [0.1, 0.15) is 0 Å². The van der Waals surface area contributed by atoms with Crippen LogP contribution in [0.5, 0.6) is 0 Å². The predicted octanol–water partition coefficient (Wildman–Crippen LogP) is 3.10. The van der Waals surface area contributed by atoms with Gasteiger partial charge in [-0.1, -0.05) is 42.5 Å². The van der Waals surface area contributed by atoms with E-state index in [9.17, 15) is 24.3 Å². The molecular weight excluding hydrogens is 422 g/mol. The highest BCUT2D eigenvalue weighted by Crippen LogP contribution is 2.32. The highest BCUT2D eigenvalue weighted by atomic mass is 16.4. The number of hydrogen-bond donors (Lipinski definition) is 3. The van der Waals surface area contributed by atoms with Crippen molar-refractivity contribution in [3.63, 3.8) is 0 Å². The van der Waals surface area contributed by atoms with Crippen molar-refractivity contribution in [1.82, 2.24) is 15.5 Å². The molecule has 2 atom stereocenters. The zero-order chi connectivity index (χ0) is 24.3. The van der Waals surface area contributed by atoms with Gasteiger partial charge in [0.25, 0.3) is 5.91 Å². The Morgan fingerprint density at radius 2 is 1.70 bits per heavy atom. The number of carbonyl (C=O) groups is 4. The number of ketones is 1. The number of carbonyl (C=O) groups excluding carboxylic acids is 3. The smallest absolute Gasteiger partial charge is 0.316 e. The first-order valence-electron chi connectivity index (χ1n) is 10.5. The van der Waals surface area contributed by atoms with Crippen molar-refractivity contribution < 1.29 is 24.3 Å². The van der Waals surface area contributed by atoms with Crippen LogP contribution in [0.4, 0.5) is 4.79 Å². The summed E-state index contributed by atoms with van der Waals surface area (Å²) in [6.45, 7) is 5.49. The predicted molar refractivity (Wildman–Crippen MR) is 123 cm³/mol. The lowest BCUT2D eigenvalue weighted by molar-refractivity contribution is -0.138. The zero-order valence-electron chi connectivity index (χ0n) is 19.0. The van der Waals surface area contributed by atoms with Crippen LogP contribution in [0, 0.1) is 13.8 Å². The number of carboxylic acid groups (broad SMARTS) is 1. The van der Waals surface area contributed by atoms with Gasteiger partial charge in [-0.05, 0) is 48.6 Å². The normalized spacial score (nSPS) is 16.8. The minimum absolute atomic E-state index is 0.364. The Morgan fingerprint density at radius 3 is 2.36 bits per heavy atom. The van der Waals surface area contributed by atoms with Gasteiger partial charge >= 0.3 is 12.0 Å². The van der Waals surface area contributed by atoms with Crippen LogP contribution in [0.2, 0.25) is 0 Å². The second-order valence-corrected chi connectivity index (χ2v) is 8.12. The molecule has 0 bridgehead atoms. The van der Waals surface area contributed by atoms with Crippen molar-refractivity contribution in [3.8, 4) is 11.1 Å². The van der Waals surface area contributed by atoms with E-state index >= 15 is 0 Å². The number of aryl methyl sites for hydroxylation is 1. The number of nitrogens with zero attached hydrogens (tertiary/aromatic N) is 1. The summed E-state index contributed by atoms with van der Waals surface area (Å²) >= 11 is 0. The molecule has 33 heavy (non-hydrogen) atoms. The van der Waals surface area contributed by atoms with Crippen molar-refractivity contribution in [1.29, 1.82) is 0 Å². The van der Waals surface area contributed by atoms with Crippen molar-refractivity contribution in [2.45, 2.75) is 39.3 Å². The Labute approximate surface area is 192 Å². The Balaban J connectivity index is 1.88. The van der Waals surface area contributed by atoms with Crippen LogP contribution in [0.15, 0.2) is 54.2 Å². The molecule has 0 radical (unpaired) electrons. The third kappa shape index (κ3) is 5.11. The number of urea groups is 1. The minimum Gasteiger partial charge on any atom is -0.481 e. The first kappa shape index (κ1) is 23.7. The third-order valence-corrected chi connectivity index (χ3v) is 5.89. The monoisotopic (exact) mass is 449 g/mol. The SMILES string of the molecule is CC1=CC(=O)C(NC(=O)N[C@@H](CC(=O)O)c2cccc(-c3ccccc3C)c2C)C(=O)N1C. The minimum atomic E-state index is -1.36. The molecule has 2 aromatic rings. The van der Waals surface area contributed by atoms with Crippen LogP contribution in [0.1, 0.15) is 36.1 Å². The van der Waals surface area contributed by atoms with Crippen LogP contribution in [-0.4, -0.2) is 46.8 Å². The molecule has 0 fully saturated rings. The molecule has 0 aromatic heterocycles. The molecule has 3 N–H and O–H groups in total. The number of amides is 3. The highest BCUT2D eigenvalue weighted by molar-refractivity contribution is 6.15. The van der Waals surface area contributed by atoms with Crippen LogP contribution < -0.4 is 10.6 Å². The Kier molecular flexibility index (Phi) is 6.96. The molecule has 0 saturated carbocycles. The van der Waals surface area contributed by atoms with E-state index in [1.165, 1.54) is 18.0 Å². The zero-order valence-corrected chi connectivity index (χ0v) is 19.0. The molecule has 0 spiro atoms.